The third kappa shape index (κ3) is 6.52. The Kier molecular flexibility index (Phi) is 6.52. The lowest BCUT2D eigenvalue weighted by molar-refractivity contribution is -0.139. The lowest BCUT2D eigenvalue weighted by atomic mass is 10.3. The Morgan fingerprint density at radius 2 is 2.00 bits per heavy atom. The van der Waals surface area contributed by atoms with Crippen LogP contribution in [0.2, 0.25) is 0 Å². The highest BCUT2D eigenvalue weighted by atomic mass is 16.2. The second kappa shape index (κ2) is 8.20. The summed E-state index contributed by atoms with van der Waals surface area (Å²) in [6.07, 6.45) is 4.12. The van der Waals surface area contributed by atoms with E-state index in [0.29, 0.717) is 13.1 Å². The van der Waals surface area contributed by atoms with Crippen LogP contribution in [-0.2, 0) is 16.1 Å². The van der Waals surface area contributed by atoms with Gasteiger partial charge in [-0.25, -0.2) is 0 Å². The molecule has 6 nitrogen and oxygen atoms in total. The van der Waals surface area contributed by atoms with Crippen molar-refractivity contribution in [3.63, 3.8) is 0 Å². The summed E-state index contributed by atoms with van der Waals surface area (Å²) >= 11 is 0. The van der Waals surface area contributed by atoms with E-state index in [0.717, 1.165) is 18.5 Å². The van der Waals surface area contributed by atoms with Crippen LogP contribution in [0.15, 0.2) is 24.5 Å². The SMILES string of the molecule is CN(C)CCCNC(=O)C(=O)NCc1cccnc1. The molecule has 1 aromatic rings. The Morgan fingerprint density at radius 1 is 1.26 bits per heavy atom. The average molecular weight is 264 g/mol. The van der Waals surface area contributed by atoms with Gasteiger partial charge in [0.2, 0.25) is 0 Å². The maximum absolute atomic E-state index is 11.5. The van der Waals surface area contributed by atoms with Crippen molar-refractivity contribution in [1.82, 2.24) is 20.5 Å². The zero-order chi connectivity index (χ0) is 14.1. The second-order valence-corrected chi connectivity index (χ2v) is 4.46. The first kappa shape index (κ1) is 15.1. The number of rotatable bonds is 6. The highest BCUT2D eigenvalue weighted by Gasteiger charge is 2.11. The van der Waals surface area contributed by atoms with Gasteiger partial charge in [0.25, 0.3) is 0 Å². The van der Waals surface area contributed by atoms with Gasteiger partial charge in [0.1, 0.15) is 0 Å². The Hall–Kier alpha value is -1.95. The van der Waals surface area contributed by atoms with Crippen molar-refractivity contribution in [2.24, 2.45) is 0 Å². The van der Waals surface area contributed by atoms with Crippen molar-refractivity contribution in [3.8, 4) is 0 Å². The van der Waals surface area contributed by atoms with E-state index in [4.69, 9.17) is 0 Å². The van der Waals surface area contributed by atoms with Gasteiger partial charge >= 0.3 is 11.8 Å². The van der Waals surface area contributed by atoms with Gasteiger partial charge in [0.05, 0.1) is 0 Å². The number of aromatic nitrogens is 1. The summed E-state index contributed by atoms with van der Waals surface area (Å²) < 4.78 is 0. The molecule has 1 rings (SSSR count). The number of hydrogen-bond acceptors (Lipinski definition) is 4. The van der Waals surface area contributed by atoms with Gasteiger partial charge in [-0.1, -0.05) is 6.07 Å². The summed E-state index contributed by atoms with van der Waals surface area (Å²) in [6, 6.07) is 3.62. The van der Waals surface area contributed by atoms with E-state index in [9.17, 15) is 9.59 Å². The van der Waals surface area contributed by atoms with E-state index in [2.05, 4.69) is 15.6 Å². The van der Waals surface area contributed by atoms with Crippen molar-refractivity contribution in [1.29, 1.82) is 0 Å². The van der Waals surface area contributed by atoms with Gasteiger partial charge in [-0.2, -0.15) is 0 Å². The largest absolute Gasteiger partial charge is 0.348 e. The monoisotopic (exact) mass is 264 g/mol. The van der Waals surface area contributed by atoms with Crippen molar-refractivity contribution in [3.05, 3.63) is 30.1 Å². The molecule has 0 aromatic carbocycles. The number of nitrogens with zero attached hydrogens (tertiary/aromatic N) is 2. The maximum Gasteiger partial charge on any atom is 0.309 e. The molecule has 0 unspecified atom stereocenters. The van der Waals surface area contributed by atoms with Crippen LogP contribution < -0.4 is 10.6 Å². The molecule has 0 spiro atoms. The highest BCUT2D eigenvalue weighted by Crippen LogP contribution is 1.93. The van der Waals surface area contributed by atoms with Gasteiger partial charge in [0.15, 0.2) is 0 Å². The van der Waals surface area contributed by atoms with Gasteiger partial charge in [-0.15, -0.1) is 0 Å². The third-order valence-electron chi connectivity index (χ3n) is 2.45. The molecule has 2 N–H and O–H groups in total. The molecule has 6 heteroatoms. The van der Waals surface area contributed by atoms with Crippen LogP contribution >= 0.6 is 0 Å². The van der Waals surface area contributed by atoms with Crippen LogP contribution in [0.25, 0.3) is 0 Å². The topological polar surface area (TPSA) is 74.3 Å². The van der Waals surface area contributed by atoms with Crippen LogP contribution in [-0.4, -0.2) is 48.9 Å². The summed E-state index contributed by atoms with van der Waals surface area (Å²) in [5.74, 6) is -1.21. The minimum atomic E-state index is -0.617. The molecule has 104 valence electrons. The van der Waals surface area contributed by atoms with Gasteiger partial charge < -0.3 is 15.5 Å². The second-order valence-electron chi connectivity index (χ2n) is 4.46. The molecule has 0 radical (unpaired) electrons. The fraction of sp³-hybridized carbons (Fsp3) is 0.462. The first-order valence-electron chi connectivity index (χ1n) is 6.19. The Balaban J connectivity index is 2.20. The fourth-order valence-corrected chi connectivity index (χ4v) is 1.44. The molecule has 2 amide bonds. The number of nitrogens with one attached hydrogen (secondary N) is 2. The predicted octanol–water partition coefficient (Wildman–Crippen LogP) is -0.234. The lowest BCUT2D eigenvalue weighted by Gasteiger charge is -2.09. The maximum atomic E-state index is 11.5. The van der Waals surface area contributed by atoms with E-state index in [1.807, 2.05) is 25.1 Å². The number of pyridine rings is 1. The van der Waals surface area contributed by atoms with Crippen LogP contribution in [0, 0.1) is 0 Å². The summed E-state index contributed by atoms with van der Waals surface area (Å²) in [5, 5.41) is 5.13. The van der Waals surface area contributed by atoms with Gasteiger partial charge in [-0.3, -0.25) is 14.6 Å². The van der Waals surface area contributed by atoms with E-state index < -0.39 is 11.8 Å². The molecule has 19 heavy (non-hydrogen) atoms. The molecule has 0 aliphatic rings. The molecular weight excluding hydrogens is 244 g/mol. The first-order valence-corrected chi connectivity index (χ1v) is 6.19. The van der Waals surface area contributed by atoms with E-state index in [1.54, 1.807) is 18.5 Å². The summed E-state index contributed by atoms with van der Waals surface area (Å²) in [4.78, 5) is 28.9. The van der Waals surface area contributed by atoms with Crippen LogP contribution in [0.1, 0.15) is 12.0 Å². The zero-order valence-electron chi connectivity index (χ0n) is 11.3. The number of carbonyl (C=O) groups excluding carboxylic acids is 2. The Bertz CT molecular complexity index is 406. The molecule has 0 saturated carbocycles. The highest BCUT2D eigenvalue weighted by molar-refractivity contribution is 6.35. The summed E-state index contributed by atoms with van der Waals surface area (Å²) in [6.45, 7) is 1.67. The summed E-state index contributed by atoms with van der Waals surface area (Å²) in [5.41, 5.74) is 0.858. The first-order chi connectivity index (χ1) is 9.09. The van der Waals surface area contributed by atoms with E-state index in [1.165, 1.54) is 0 Å². The predicted molar refractivity (Wildman–Crippen MR) is 72.3 cm³/mol. The number of carbonyl (C=O) groups is 2. The fourth-order valence-electron chi connectivity index (χ4n) is 1.44. The molecule has 0 aliphatic heterocycles. The van der Waals surface area contributed by atoms with Crippen molar-refractivity contribution in [2.45, 2.75) is 13.0 Å². The standard InChI is InChI=1S/C13H20N4O2/c1-17(2)8-4-7-15-12(18)13(19)16-10-11-5-3-6-14-9-11/h3,5-6,9H,4,7-8,10H2,1-2H3,(H,15,18)(H,16,19). The molecule has 1 aromatic heterocycles. The van der Waals surface area contributed by atoms with Crippen molar-refractivity contribution in [2.75, 3.05) is 27.2 Å². The number of amides is 2. The van der Waals surface area contributed by atoms with Crippen LogP contribution in [0.4, 0.5) is 0 Å². The summed E-state index contributed by atoms with van der Waals surface area (Å²) in [7, 11) is 3.92. The Morgan fingerprint density at radius 3 is 2.63 bits per heavy atom. The quantitative estimate of drug-likeness (QED) is 0.549. The molecule has 0 atom stereocenters. The lowest BCUT2D eigenvalue weighted by Crippen LogP contribution is -2.40. The molecule has 1 heterocycles. The van der Waals surface area contributed by atoms with E-state index >= 15 is 0 Å². The van der Waals surface area contributed by atoms with Crippen LogP contribution in [0.3, 0.4) is 0 Å². The molecule has 0 saturated heterocycles. The number of hydrogen-bond donors (Lipinski definition) is 2. The minimum Gasteiger partial charge on any atom is -0.348 e. The zero-order valence-corrected chi connectivity index (χ0v) is 11.3. The molecule has 0 bridgehead atoms. The molecular formula is C13H20N4O2. The van der Waals surface area contributed by atoms with Gasteiger partial charge in [0, 0.05) is 25.5 Å². The minimum absolute atomic E-state index is 0.303. The average Bonchev–Trinajstić information content (AvgIpc) is 2.41. The van der Waals surface area contributed by atoms with Crippen molar-refractivity contribution >= 4 is 11.8 Å². The van der Waals surface area contributed by atoms with Gasteiger partial charge in [-0.05, 0) is 38.7 Å². The molecule has 0 aliphatic carbocycles. The van der Waals surface area contributed by atoms with Crippen molar-refractivity contribution < 1.29 is 9.59 Å². The van der Waals surface area contributed by atoms with E-state index in [-0.39, 0.29) is 0 Å². The smallest absolute Gasteiger partial charge is 0.309 e. The third-order valence-corrected chi connectivity index (χ3v) is 2.45. The normalized spacial score (nSPS) is 10.3. The Labute approximate surface area is 113 Å². The molecule has 0 fully saturated rings. The van der Waals surface area contributed by atoms with Crippen LogP contribution in [0.5, 0.6) is 0 Å².